The molecule has 2 heterocycles. The van der Waals surface area contributed by atoms with Gasteiger partial charge in [-0.15, -0.1) is 0 Å². The number of pyridine rings is 1. The van der Waals surface area contributed by atoms with E-state index in [1.807, 2.05) is 19.0 Å². The van der Waals surface area contributed by atoms with Crippen LogP contribution in [0.2, 0.25) is 0 Å². The van der Waals surface area contributed by atoms with E-state index in [1.54, 1.807) is 0 Å². The molecule has 2 N–H and O–H groups in total. The maximum absolute atomic E-state index is 12.8. The van der Waals surface area contributed by atoms with Gasteiger partial charge in [0.1, 0.15) is 11.6 Å². The van der Waals surface area contributed by atoms with E-state index >= 15 is 0 Å². The molecule has 0 aromatic carbocycles. The van der Waals surface area contributed by atoms with E-state index in [4.69, 9.17) is 5.73 Å². The average Bonchev–Trinajstić information content (AvgIpc) is 2.69. The summed E-state index contributed by atoms with van der Waals surface area (Å²) in [6.45, 7) is 3.42. The number of hydrogen-bond donors (Lipinski definition) is 1. The SMILES string of the molecule is CC1CN(c2cc(C(F)(F)F)cc(N)n2)CC1N(C)C. The van der Waals surface area contributed by atoms with Crippen molar-refractivity contribution in [2.24, 2.45) is 5.92 Å². The summed E-state index contributed by atoms with van der Waals surface area (Å²) in [6.07, 6.45) is -4.40. The summed E-state index contributed by atoms with van der Waals surface area (Å²) < 4.78 is 38.4. The molecule has 1 aliphatic heterocycles. The first-order valence-corrected chi connectivity index (χ1v) is 6.44. The summed E-state index contributed by atoms with van der Waals surface area (Å²) in [7, 11) is 3.94. The van der Waals surface area contributed by atoms with Crippen LogP contribution in [0.15, 0.2) is 12.1 Å². The van der Waals surface area contributed by atoms with Gasteiger partial charge in [-0.05, 0) is 32.1 Å². The number of hydrogen-bond acceptors (Lipinski definition) is 4. The maximum Gasteiger partial charge on any atom is 0.416 e. The van der Waals surface area contributed by atoms with Crippen LogP contribution in [0.25, 0.3) is 0 Å². The van der Waals surface area contributed by atoms with E-state index in [9.17, 15) is 13.2 Å². The molecule has 2 rings (SSSR count). The van der Waals surface area contributed by atoms with E-state index < -0.39 is 11.7 Å². The van der Waals surface area contributed by atoms with Gasteiger partial charge < -0.3 is 15.5 Å². The summed E-state index contributed by atoms with van der Waals surface area (Å²) in [5.74, 6) is 0.562. The maximum atomic E-state index is 12.8. The number of nitrogens with zero attached hydrogens (tertiary/aromatic N) is 3. The Morgan fingerprint density at radius 2 is 1.95 bits per heavy atom. The van der Waals surface area contributed by atoms with Gasteiger partial charge in [-0.1, -0.05) is 6.92 Å². The second-order valence-electron chi connectivity index (χ2n) is 5.55. The number of rotatable bonds is 2. The Kier molecular flexibility index (Phi) is 3.82. The molecule has 0 saturated carbocycles. The van der Waals surface area contributed by atoms with Gasteiger partial charge in [0, 0.05) is 19.1 Å². The number of alkyl halides is 3. The highest BCUT2D eigenvalue weighted by Gasteiger charge is 2.35. The van der Waals surface area contributed by atoms with Crippen LogP contribution in [0.4, 0.5) is 24.8 Å². The second kappa shape index (κ2) is 5.12. The first-order valence-electron chi connectivity index (χ1n) is 6.44. The summed E-state index contributed by atoms with van der Waals surface area (Å²) in [5.41, 5.74) is 4.76. The van der Waals surface area contributed by atoms with Crippen LogP contribution in [-0.4, -0.2) is 43.1 Å². The van der Waals surface area contributed by atoms with E-state index in [1.165, 1.54) is 0 Å². The number of nitrogens with two attached hydrogens (primary N) is 1. The molecule has 20 heavy (non-hydrogen) atoms. The van der Waals surface area contributed by atoms with Crippen molar-refractivity contribution < 1.29 is 13.2 Å². The third-order valence-electron chi connectivity index (χ3n) is 3.72. The Bertz CT molecular complexity index is 487. The molecule has 1 fully saturated rings. The quantitative estimate of drug-likeness (QED) is 0.905. The molecule has 0 amide bonds. The fourth-order valence-electron chi connectivity index (χ4n) is 2.67. The Labute approximate surface area is 116 Å². The van der Waals surface area contributed by atoms with Crippen LogP contribution >= 0.6 is 0 Å². The Balaban J connectivity index is 2.28. The lowest BCUT2D eigenvalue weighted by Gasteiger charge is -2.23. The number of likely N-dealkylation sites (N-methyl/N-ethyl adjacent to an activating group) is 1. The second-order valence-corrected chi connectivity index (χ2v) is 5.55. The van der Waals surface area contributed by atoms with Gasteiger partial charge in [-0.2, -0.15) is 13.2 Å². The molecule has 0 aliphatic carbocycles. The highest BCUT2D eigenvalue weighted by atomic mass is 19.4. The number of aromatic nitrogens is 1. The van der Waals surface area contributed by atoms with Crippen LogP contribution in [0.1, 0.15) is 12.5 Å². The lowest BCUT2D eigenvalue weighted by molar-refractivity contribution is -0.137. The van der Waals surface area contributed by atoms with Gasteiger partial charge in [0.15, 0.2) is 0 Å². The molecule has 0 radical (unpaired) electrons. The topological polar surface area (TPSA) is 45.4 Å². The highest BCUT2D eigenvalue weighted by molar-refractivity contribution is 5.50. The summed E-state index contributed by atoms with van der Waals surface area (Å²) in [6, 6.07) is 2.24. The van der Waals surface area contributed by atoms with Crippen molar-refractivity contribution in [3.8, 4) is 0 Å². The highest BCUT2D eigenvalue weighted by Crippen LogP contribution is 2.33. The number of nitrogen functional groups attached to an aromatic ring is 1. The van der Waals surface area contributed by atoms with E-state index in [0.29, 0.717) is 30.9 Å². The standard InChI is InChI=1S/C13H19F3N4/c1-8-6-20(7-10(8)19(2)3)12-5-9(13(14,15)16)4-11(17)18-12/h4-5,8,10H,6-7H2,1-3H3,(H2,17,18). The zero-order valence-electron chi connectivity index (χ0n) is 11.8. The van der Waals surface area contributed by atoms with Crippen LogP contribution < -0.4 is 10.6 Å². The molecule has 1 saturated heterocycles. The van der Waals surface area contributed by atoms with Gasteiger partial charge in [-0.25, -0.2) is 4.98 Å². The summed E-state index contributed by atoms with van der Waals surface area (Å²) in [4.78, 5) is 7.99. The largest absolute Gasteiger partial charge is 0.416 e. The molecule has 4 nitrogen and oxygen atoms in total. The smallest absolute Gasteiger partial charge is 0.384 e. The zero-order valence-corrected chi connectivity index (χ0v) is 11.8. The Hall–Kier alpha value is -1.50. The molecule has 112 valence electrons. The van der Waals surface area contributed by atoms with Crippen molar-refractivity contribution in [2.45, 2.75) is 19.1 Å². The molecular weight excluding hydrogens is 269 g/mol. The van der Waals surface area contributed by atoms with Crippen molar-refractivity contribution in [1.29, 1.82) is 0 Å². The molecule has 2 unspecified atom stereocenters. The number of anilines is 2. The Morgan fingerprint density at radius 3 is 2.45 bits per heavy atom. The molecule has 0 bridgehead atoms. The number of halogens is 3. The van der Waals surface area contributed by atoms with Gasteiger partial charge in [-0.3, -0.25) is 0 Å². The third kappa shape index (κ3) is 2.98. The normalized spacial score (nSPS) is 23.6. The van der Waals surface area contributed by atoms with Crippen molar-refractivity contribution in [3.05, 3.63) is 17.7 Å². The lowest BCUT2D eigenvalue weighted by Crippen LogP contribution is -2.34. The molecule has 2 atom stereocenters. The lowest BCUT2D eigenvalue weighted by atomic mass is 10.1. The monoisotopic (exact) mass is 288 g/mol. The predicted molar refractivity (Wildman–Crippen MR) is 72.5 cm³/mol. The molecule has 0 spiro atoms. The van der Waals surface area contributed by atoms with Crippen LogP contribution in [0.5, 0.6) is 0 Å². The van der Waals surface area contributed by atoms with Crippen LogP contribution in [0.3, 0.4) is 0 Å². The van der Waals surface area contributed by atoms with Crippen molar-refractivity contribution in [1.82, 2.24) is 9.88 Å². The first kappa shape index (κ1) is 14.9. The molecule has 1 aromatic heterocycles. The van der Waals surface area contributed by atoms with E-state index in [0.717, 1.165) is 12.1 Å². The van der Waals surface area contributed by atoms with Crippen LogP contribution in [-0.2, 0) is 6.18 Å². The van der Waals surface area contributed by atoms with Crippen molar-refractivity contribution in [3.63, 3.8) is 0 Å². The average molecular weight is 288 g/mol. The molecule has 1 aliphatic rings. The molecule has 1 aromatic rings. The fraction of sp³-hybridized carbons (Fsp3) is 0.615. The van der Waals surface area contributed by atoms with Gasteiger partial charge in [0.25, 0.3) is 0 Å². The summed E-state index contributed by atoms with van der Waals surface area (Å²) in [5, 5.41) is 0. The fourth-order valence-corrected chi connectivity index (χ4v) is 2.67. The third-order valence-corrected chi connectivity index (χ3v) is 3.72. The van der Waals surface area contributed by atoms with Gasteiger partial charge in [0.2, 0.25) is 0 Å². The van der Waals surface area contributed by atoms with Crippen LogP contribution in [0, 0.1) is 5.92 Å². The Morgan fingerprint density at radius 1 is 1.30 bits per heavy atom. The van der Waals surface area contributed by atoms with Gasteiger partial charge >= 0.3 is 6.18 Å². The van der Waals surface area contributed by atoms with Crippen molar-refractivity contribution in [2.75, 3.05) is 37.8 Å². The predicted octanol–water partition coefficient (Wildman–Crippen LogP) is 2.07. The minimum Gasteiger partial charge on any atom is -0.384 e. The zero-order chi connectivity index (χ0) is 15.1. The minimum atomic E-state index is -4.40. The molecular formula is C13H19F3N4. The minimum absolute atomic E-state index is 0.101. The van der Waals surface area contributed by atoms with E-state index in [-0.39, 0.29) is 5.82 Å². The molecule has 7 heteroatoms. The van der Waals surface area contributed by atoms with Gasteiger partial charge in [0.05, 0.1) is 5.56 Å². The van der Waals surface area contributed by atoms with E-state index in [2.05, 4.69) is 16.8 Å². The first-order chi connectivity index (χ1) is 9.18. The van der Waals surface area contributed by atoms with Crippen molar-refractivity contribution >= 4 is 11.6 Å². The summed E-state index contributed by atoms with van der Waals surface area (Å²) >= 11 is 0.